The van der Waals surface area contributed by atoms with Gasteiger partial charge in [-0.1, -0.05) is 18.2 Å². The van der Waals surface area contributed by atoms with Gasteiger partial charge in [0.25, 0.3) is 0 Å². The Morgan fingerprint density at radius 3 is 2.28 bits per heavy atom. The SMILES string of the molecule is CCOC.Cc1ccc(C2C3CNCC32)cc1C. The monoisotopic (exact) mass is 247 g/mol. The summed E-state index contributed by atoms with van der Waals surface area (Å²) in [5.41, 5.74) is 4.43. The van der Waals surface area contributed by atoms with Crippen LogP contribution in [0.4, 0.5) is 0 Å². The van der Waals surface area contributed by atoms with Crippen molar-refractivity contribution in [2.24, 2.45) is 11.8 Å². The van der Waals surface area contributed by atoms with Crippen molar-refractivity contribution in [1.29, 1.82) is 0 Å². The van der Waals surface area contributed by atoms with Crippen LogP contribution in [0.1, 0.15) is 29.5 Å². The topological polar surface area (TPSA) is 21.3 Å². The van der Waals surface area contributed by atoms with Crippen molar-refractivity contribution >= 4 is 0 Å². The number of rotatable bonds is 2. The van der Waals surface area contributed by atoms with E-state index in [0.29, 0.717) is 0 Å². The van der Waals surface area contributed by atoms with Crippen LogP contribution < -0.4 is 5.32 Å². The summed E-state index contributed by atoms with van der Waals surface area (Å²) in [6.07, 6.45) is 0. The lowest BCUT2D eigenvalue weighted by molar-refractivity contribution is 0.215. The summed E-state index contributed by atoms with van der Waals surface area (Å²) in [7, 11) is 1.68. The molecule has 0 amide bonds. The molecule has 0 aromatic heterocycles. The maximum atomic E-state index is 4.54. The first kappa shape index (κ1) is 13.6. The quantitative estimate of drug-likeness (QED) is 0.867. The maximum Gasteiger partial charge on any atom is 0.0433 e. The third-order valence-corrected chi connectivity index (χ3v) is 4.30. The van der Waals surface area contributed by atoms with Gasteiger partial charge in [-0.15, -0.1) is 0 Å². The zero-order chi connectivity index (χ0) is 13.1. The van der Waals surface area contributed by atoms with Crippen molar-refractivity contribution in [2.75, 3.05) is 26.8 Å². The summed E-state index contributed by atoms with van der Waals surface area (Å²) in [5.74, 6) is 2.75. The molecule has 2 unspecified atom stereocenters. The minimum Gasteiger partial charge on any atom is -0.385 e. The van der Waals surface area contributed by atoms with Crippen molar-refractivity contribution in [3.63, 3.8) is 0 Å². The minimum atomic E-state index is 0.819. The third-order valence-electron chi connectivity index (χ3n) is 4.30. The number of hydrogen-bond acceptors (Lipinski definition) is 2. The van der Waals surface area contributed by atoms with Crippen LogP contribution in [0.15, 0.2) is 18.2 Å². The first-order valence-electron chi connectivity index (χ1n) is 6.95. The fourth-order valence-electron chi connectivity index (χ4n) is 2.88. The molecule has 2 aliphatic rings. The summed E-state index contributed by atoms with van der Waals surface area (Å²) in [6.45, 7) is 9.66. The highest BCUT2D eigenvalue weighted by atomic mass is 16.5. The number of ether oxygens (including phenoxy) is 1. The van der Waals surface area contributed by atoms with Crippen molar-refractivity contribution < 1.29 is 4.74 Å². The Labute approximate surface area is 111 Å². The molecule has 2 atom stereocenters. The Balaban J connectivity index is 0.000000267. The van der Waals surface area contributed by atoms with Gasteiger partial charge in [0, 0.05) is 13.7 Å². The van der Waals surface area contributed by atoms with Crippen LogP contribution in [-0.2, 0) is 4.74 Å². The predicted octanol–water partition coefficient (Wildman–Crippen LogP) is 2.89. The zero-order valence-electron chi connectivity index (χ0n) is 12.0. The fourth-order valence-corrected chi connectivity index (χ4v) is 2.88. The van der Waals surface area contributed by atoms with Crippen LogP contribution in [0.25, 0.3) is 0 Å². The standard InChI is InChI=1S/C13H17N.C3H8O/c1-8-3-4-10(5-9(8)2)13-11-6-14-7-12(11)13;1-3-4-2/h3-5,11-14H,6-7H2,1-2H3;3H2,1-2H3. The molecular formula is C16H25NO. The van der Waals surface area contributed by atoms with Gasteiger partial charge in [-0.05, 0) is 68.3 Å². The van der Waals surface area contributed by atoms with E-state index in [1.54, 1.807) is 12.7 Å². The van der Waals surface area contributed by atoms with E-state index in [4.69, 9.17) is 0 Å². The molecule has 18 heavy (non-hydrogen) atoms. The molecule has 1 aromatic carbocycles. The molecular weight excluding hydrogens is 222 g/mol. The summed E-state index contributed by atoms with van der Waals surface area (Å²) < 4.78 is 4.54. The van der Waals surface area contributed by atoms with E-state index in [2.05, 4.69) is 42.1 Å². The normalized spacial score (nSPS) is 28.3. The Bertz CT molecular complexity index is 390. The van der Waals surface area contributed by atoms with Crippen LogP contribution in [-0.4, -0.2) is 26.8 Å². The average molecular weight is 247 g/mol. The van der Waals surface area contributed by atoms with Gasteiger partial charge in [0.15, 0.2) is 0 Å². The molecule has 2 nitrogen and oxygen atoms in total. The molecule has 100 valence electrons. The van der Waals surface area contributed by atoms with Crippen molar-refractivity contribution in [1.82, 2.24) is 5.32 Å². The van der Waals surface area contributed by atoms with Gasteiger partial charge in [-0.25, -0.2) is 0 Å². The number of hydrogen-bond donors (Lipinski definition) is 1. The molecule has 3 rings (SSSR count). The lowest BCUT2D eigenvalue weighted by Gasteiger charge is -2.07. The summed E-state index contributed by atoms with van der Waals surface area (Å²) in [4.78, 5) is 0. The first-order chi connectivity index (χ1) is 8.69. The van der Waals surface area contributed by atoms with Crippen LogP contribution in [0.3, 0.4) is 0 Å². The highest BCUT2D eigenvalue weighted by Gasteiger charge is 2.53. The van der Waals surface area contributed by atoms with Gasteiger partial charge in [0.2, 0.25) is 0 Å². The van der Waals surface area contributed by atoms with Crippen LogP contribution in [0, 0.1) is 25.7 Å². The predicted molar refractivity (Wildman–Crippen MR) is 76.1 cm³/mol. The van der Waals surface area contributed by atoms with Gasteiger partial charge in [0.1, 0.15) is 0 Å². The Kier molecular flexibility index (Phi) is 4.41. The second kappa shape index (κ2) is 5.85. The van der Waals surface area contributed by atoms with Crippen molar-refractivity contribution in [2.45, 2.75) is 26.7 Å². The molecule has 2 fully saturated rings. The molecule has 0 bridgehead atoms. The Morgan fingerprint density at radius 1 is 1.17 bits per heavy atom. The number of aryl methyl sites for hydroxylation is 2. The molecule has 1 N–H and O–H groups in total. The molecule has 1 saturated heterocycles. The summed E-state index contributed by atoms with van der Waals surface area (Å²) in [5, 5.41) is 3.45. The summed E-state index contributed by atoms with van der Waals surface area (Å²) in [6, 6.07) is 6.98. The third kappa shape index (κ3) is 2.76. The van der Waals surface area contributed by atoms with Crippen molar-refractivity contribution in [3.05, 3.63) is 34.9 Å². The lowest BCUT2D eigenvalue weighted by Crippen LogP contribution is -2.14. The molecule has 1 aliphatic heterocycles. The molecule has 0 spiro atoms. The molecule has 1 saturated carbocycles. The average Bonchev–Trinajstić information content (AvgIpc) is 2.86. The fraction of sp³-hybridized carbons (Fsp3) is 0.625. The number of fused-ring (bicyclic) bond motifs is 1. The van der Waals surface area contributed by atoms with E-state index >= 15 is 0 Å². The van der Waals surface area contributed by atoms with E-state index in [0.717, 1.165) is 24.4 Å². The van der Waals surface area contributed by atoms with E-state index in [9.17, 15) is 0 Å². The first-order valence-corrected chi connectivity index (χ1v) is 6.95. The maximum absolute atomic E-state index is 4.54. The Hall–Kier alpha value is -0.860. The number of piperidine rings is 1. The molecule has 2 heteroatoms. The van der Waals surface area contributed by atoms with Gasteiger partial charge >= 0.3 is 0 Å². The smallest absolute Gasteiger partial charge is 0.0433 e. The van der Waals surface area contributed by atoms with E-state index in [-0.39, 0.29) is 0 Å². The lowest BCUT2D eigenvalue weighted by atomic mass is 10.0. The molecule has 1 heterocycles. The van der Waals surface area contributed by atoms with Crippen molar-refractivity contribution in [3.8, 4) is 0 Å². The van der Waals surface area contributed by atoms with Crippen LogP contribution in [0.2, 0.25) is 0 Å². The number of nitrogens with one attached hydrogen (secondary N) is 1. The van der Waals surface area contributed by atoms with Crippen LogP contribution in [0.5, 0.6) is 0 Å². The second-order valence-electron chi connectivity index (χ2n) is 5.43. The summed E-state index contributed by atoms with van der Waals surface area (Å²) >= 11 is 0. The molecule has 1 aromatic rings. The van der Waals surface area contributed by atoms with E-state index in [1.165, 1.54) is 24.2 Å². The molecule has 0 radical (unpaired) electrons. The Morgan fingerprint density at radius 2 is 1.78 bits per heavy atom. The molecule has 1 aliphatic carbocycles. The van der Waals surface area contributed by atoms with Gasteiger partial charge < -0.3 is 10.1 Å². The number of benzene rings is 1. The highest BCUT2D eigenvalue weighted by Crippen LogP contribution is 2.55. The van der Waals surface area contributed by atoms with Crippen LogP contribution >= 0.6 is 0 Å². The van der Waals surface area contributed by atoms with E-state index in [1.807, 2.05) is 6.92 Å². The largest absolute Gasteiger partial charge is 0.385 e. The zero-order valence-corrected chi connectivity index (χ0v) is 12.0. The number of methoxy groups -OCH3 is 1. The second-order valence-corrected chi connectivity index (χ2v) is 5.43. The van der Waals surface area contributed by atoms with E-state index < -0.39 is 0 Å². The minimum absolute atomic E-state index is 0.819. The van der Waals surface area contributed by atoms with Gasteiger partial charge in [-0.3, -0.25) is 0 Å². The van der Waals surface area contributed by atoms with Gasteiger partial charge in [-0.2, -0.15) is 0 Å². The van der Waals surface area contributed by atoms with Gasteiger partial charge in [0.05, 0.1) is 0 Å². The highest BCUT2D eigenvalue weighted by molar-refractivity contribution is 5.37.